The van der Waals surface area contributed by atoms with E-state index in [9.17, 15) is 5.11 Å². The Bertz CT molecular complexity index is 964. The van der Waals surface area contributed by atoms with Gasteiger partial charge in [0, 0.05) is 43.3 Å². The summed E-state index contributed by atoms with van der Waals surface area (Å²) < 4.78 is 2.29. The van der Waals surface area contributed by atoms with E-state index in [0.29, 0.717) is 0 Å². The molecule has 1 saturated heterocycles. The van der Waals surface area contributed by atoms with Gasteiger partial charge in [0.15, 0.2) is 0 Å². The monoisotopic (exact) mass is 362 g/mol. The topological polar surface area (TPSA) is 28.4 Å². The molecule has 0 bridgehead atoms. The fourth-order valence-corrected chi connectivity index (χ4v) is 4.09. The molecule has 27 heavy (non-hydrogen) atoms. The van der Waals surface area contributed by atoms with Gasteiger partial charge in [0.2, 0.25) is 0 Å². The summed E-state index contributed by atoms with van der Waals surface area (Å²) in [7, 11) is 2.14. The van der Waals surface area contributed by atoms with Gasteiger partial charge in [-0.3, -0.25) is 4.90 Å². The highest BCUT2D eigenvalue weighted by molar-refractivity contribution is 5.86. The Labute approximate surface area is 162 Å². The summed E-state index contributed by atoms with van der Waals surface area (Å²) in [6.07, 6.45) is 0.722. The lowest BCUT2D eigenvalue weighted by Crippen LogP contribution is -2.22. The molecule has 4 rings (SSSR count). The van der Waals surface area contributed by atoms with Crippen LogP contribution in [-0.2, 0) is 19.0 Å². The maximum atomic E-state index is 9.78. The van der Waals surface area contributed by atoms with Crippen molar-refractivity contribution in [2.45, 2.75) is 45.3 Å². The molecule has 3 nitrogen and oxygen atoms in total. The maximum absolute atomic E-state index is 9.78. The van der Waals surface area contributed by atoms with E-state index in [4.69, 9.17) is 0 Å². The molecule has 3 heteroatoms. The van der Waals surface area contributed by atoms with Gasteiger partial charge in [-0.2, -0.15) is 0 Å². The van der Waals surface area contributed by atoms with Gasteiger partial charge in [0.05, 0.1) is 6.10 Å². The zero-order chi connectivity index (χ0) is 19.2. The summed E-state index contributed by atoms with van der Waals surface area (Å²) in [5.74, 6) is 0. The number of rotatable bonds is 3. The SMILES string of the molecule is Cn1c(CN2CC[C@H](O)C2)cc2cc(-c3cccc(C(C)(C)C)c3)ccc21. The Morgan fingerprint density at radius 2 is 1.81 bits per heavy atom. The largest absolute Gasteiger partial charge is 0.392 e. The average molecular weight is 363 g/mol. The second kappa shape index (κ2) is 6.81. The van der Waals surface area contributed by atoms with Crippen LogP contribution in [0.5, 0.6) is 0 Å². The number of likely N-dealkylation sites (tertiary alicyclic amines) is 1. The smallest absolute Gasteiger partial charge is 0.0679 e. The van der Waals surface area contributed by atoms with E-state index >= 15 is 0 Å². The number of aliphatic hydroxyl groups excluding tert-OH is 1. The molecule has 0 radical (unpaired) electrons. The Balaban J connectivity index is 1.67. The molecule has 1 atom stereocenters. The van der Waals surface area contributed by atoms with Crippen molar-refractivity contribution in [3.8, 4) is 11.1 Å². The highest BCUT2D eigenvalue weighted by Gasteiger charge is 2.21. The Morgan fingerprint density at radius 1 is 1.04 bits per heavy atom. The van der Waals surface area contributed by atoms with Crippen LogP contribution in [0.3, 0.4) is 0 Å². The standard InChI is InChI=1S/C24H30N2O/c1-24(2,3)20-7-5-6-17(13-20)18-8-9-23-19(12-18)14-21(25(23)4)15-26-11-10-22(27)16-26/h5-9,12-14,22,27H,10-11,15-16H2,1-4H3/t22-/m0/s1. The van der Waals surface area contributed by atoms with E-state index in [0.717, 1.165) is 26.1 Å². The molecule has 1 N–H and O–H groups in total. The predicted octanol–water partition coefficient (Wildman–Crippen LogP) is 4.71. The number of hydrogen-bond acceptors (Lipinski definition) is 2. The molecule has 0 spiro atoms. The van der Waals surface area contributed by atoms with E-state index < -0.39 is 0 Å². The molecule has 1 aliphatic heterocycles. The highest BCUT2D eigenvalue weighted by atomic mass is 16.3. The number of aromatic nitrogens is 1. The van der Waals surface area contributed by atoms with E-state index in [-0.39, 0.29) is 11.5 Å². The lowest BCUT2D eigenvalue weighted by molar-refractivity contribution is 0.174. The minimum atomic E-state index is -0.165. The summed E-state index contributed by atoms with van der Waals surface area (Å²) in [6.45, 7) is 9.44. The molecule has 1 fully saturated rings. The Hall–Kier alpha value is -2.10. The van der Waals surface area contributed by atoms with Gasteiger partial charge in [-0.15, -0.1) is 0 Å². The van der Waals surface area contributed by atoms with Crippen molar-refractivity contribution in [1.82, 2.24) is 9.47 Å². The fourth-order valence-electron chi connectivity index (χ4n) is 4.09. The summed E-state index contributed by atoms with van der Waals surface area (Å²) in [6, 6.07) is 18.0. The molecule has 3 aromatic rings. The molecule has 0 aliphatic carbocycles. The predicted molar refractivity (Wildman–Crippen MR) is 113 cm³/mol. The third-order valence-corrected chi connectivity index (χ3v) is 5.84. The summed E-state index contributed by atoms with van der Waals surface area (Å²) in [4.78, 5) is 2.34. The molecular formula is C24H30N2O. The van der Waals surface area contributed by atoms with E-state index in [1.807, 2.05) is 0 Å². The molecular weight excluding hydrogens is 332 g/mol. The van der Waals surface area contributed by atoms with Crippen LogP contribution in [0, 0.1) is 0 Å². The zero-order valence-corrected chi connectivity index (χ0v) is 16.9. The molecule has 0 saturated carbocycles. The lowest BCUT2D eigenvalue weighted by atomic mass is 9.85. The minimum absolute atomic E-state index is 0.153. The summed E-state index contributed by atoms with van der Waals surface area (Å²) in [5, 5.41) is 11.1. The van der Waals surface area contributed by atoms with E-state index in [1.54, 1.807) is 0 Å². The van der Waals surface area contributed by atoms with Gasteiger partial charge in [0.1, 0.15) is 0 Å². The molecule has 2 aromatic carbocycles. The fraction of sp³-hybridized carbons (Fsp3) is 0.417. The average Bonchev–Trinajstić information content (AvgIpc) is 3.18. The molecule has 1 aromatic heterocycles. The lowest BCUT2D eigenvalue weighted by Gasteiger charge is -2.19. The minimum Gasteiger partial charge on any atom is -0.392 e. The second-order valence-corrected chi connectivity index (χ2v) is 8.98. The summed E-state index contributed by atoms with van der Waals surface area (Å²) >= 11 is 0. The number of fused-ring (bicyclic) bond motifs is 1. The summed E-state index contributed by atoms with van der Waals surface area (Å²) in [5.41, 5.74) is 6.63. The first-order chi connectivity index (χ1) is 12.8. The van der Waals surface area contributed by atoms with Crippen LogP contribution in [0.15, 0.2) is 48.5 Å². The molecule has 2 heterocycles. The Morgan fingerprint density at radius 3 is 2.52 bits per heavy atom. The van der Waals surface area contributed by atoms with Crippen molar-refractivity contribution >= 4 is 10.9 Å². The highest BCUT2D eigenvalue weighted by Crippen LogP contribution is 2.30. The van der Waals surface area contributed by atoms with Crippen LogP contribution in [0.4, 0.5) is 0 Å². The number of aliphatic hydroxyl groups is 1. The van der Waals surface area contributed by atoms with Crippen LogP contribution in [0.2, 0.25) is 0 Å². The maximum Gasteiger partial charge on any atom is 0.0679 e. The van der Waals surface area contributed by atoms with Gasteiger partial charge in [0.25, 0.3) is 0 Å². The van der Waals surface area contributed by atoms with Crippen molar-refractivity contribution in [3.05, 3.63) is 59.8 Å². The van der Waals surface area contributed by atoms with Crippen molar-refractivity contribution in [1.29, 1.82) is 0 Å². The van der Waals surface area contributed by atoms with Gasteiger partial charge < -0.3 is 9.67 Å². The first kappa shape index (κ1) is 18.3. The van der Waals surface area contributed by atoms with Crippen LogP contribution < -0.4 is 0 Å². The first-order valence-electron chi connectivity index (χ1n) is 9.91. The number of nitrogens with zero attached hydrogens (tertiary/aromatic N) is 2. The van der Waals surface area contributed by atoms with Crippen molar-refractivity contribution < 1.29 is 5.11 Å². The van der Waals surface area contributed by atoms with E-state index in [1.165, 1.54) is 33.3 Å². The normalized spacial score (nSPS) is 18.5. The Kier molecular flexibility index (Phi) is 4.61. The van der Waals surface area contributed by atoms with Crippen LogP contribution in [-0.4, -0.2) is 33.8 Å². The number of aryl methyl sites for hydroxylation is 1. The van der Waals surface area contributed by atoms with Gasteiger partial charge >= 0.3 is 0 Å². The first-order valence-corrected chi connectivity index (χ1v) is 9.91. The van der Waals surface area contributed by atoms with E-state index in [2.05, 4.69) is 85.8 Å². The number of hydrogen-bond donors (Lipinski definition) is 1. The van der Waals surface area contributed by atoms with Gasteiger partial charge in [-0.1, -0.05) is 51.1 Å². The molecule has 1 aliphatic rings. The van der Waals surface area contributed by atoms with Crippen LogP contribution in [0.1, 0.15) is 38.4 Å². The van der Waals surface area contributed by atoms with Crippen LogP contribution >= 0.6 is 0 Å². The third kappa shape index (κ3) is 3.67. The number of β-amino-alcohol motifs (C(OH)–C–C–N with tert-alkyl or cyclic N) is 1. The van der Waals surface area contributed by atoms with Crippen molar-refractivity contribution in [2.24, 2.45) is 7.05 Å². The zero-order valence-electron chi connectivity index (χ0n) is 16.9. The van der Waals surface area contributed by atoms with Crippen LogP contribution in [0.25, 0.3) is 22.0 Å². The quantitative estimate of drug-likeness (QED) is 0.731. The van der Waals surface area contributed by atoms with Gasteiger partial charge in [-0.05, 0) is 46.7 Å². The van der Waals surface area contributed by atoms with Gasteiger partial charge in [-0.25, -0.2) is 0 Å². The van der Waals surface area contributed by atoms with Crippen molar-refractivity contribution in [2.75, 3.05) is 13.1 Å². The molecule has 0 amide bonds. The molecule has 142 valence electrons. The second-order valence-electron chi connectivity index (χ2n) is 8.98. The number of benzene rings is 2. The third-order valence-electron chi connectivity index (χ3n) is 5.84. The molecule has 0 unspecified atom stereocenters. The van der Waals surface area contributed by atoms with Crippen molar-refractivity contribution in [3.63, 3.8) is 0 Å².